The third kappa shape index (κ3) is 3.56. The molecule has 2 aliphatic rings. The van der Waals surface area contributed by atoms with Gasteiger partial charge in [-0.25, -0.2) is 0 Å². The number of carbonyl (C=O) groups excluding carboxylic acids is 2. The molecule has 1 aromatic carbocycles. The van der Waals surface area contributed by atoms with Crippen LogP contribution in [0, 0.1) is 5.92 Å². The highest BCUT2D eigenvalue weighted by molar-refractivity contribution is 5.81. The fraction of sp³-hybridized carbons (Fsp3) is 0.444. The summed E-state index contributed by atoms with van der Waals surface area (Å²) in [6, 6.07) is 9.90. The summed E-state index contributed by atoms with van der Waals surface area (Å²) < 4.78 is 0. The second-order valence-electron chi connectivity index (χ2n) is 6.14. The minimum absolute atomic E-state index is 0.0917. The van der Waals surface area contributed by atoms with Crippen molar-refractivity contribution < 1.29 is 9.59 Å². The Labute approximate surface area is 131 Å². The van der Waals surface area contributed by atoms with Gasteiger partial charge in [-0.2, -0.15) is 0 Å². The van der Waals surface area contributed by atoms with Gasteiger partial charge in [0.05, 0.1) is 6.42 Å². The highest BCUT2D eigenvalue weighted by Gasteiger charge is 2.29. The fourth-order valence-corrected chi connectivity index (χ4v) is 3.14. The molecule has 1 atom stereocenters. The predicted molar refractivity (Wildman–Crippen MR) is 85.1 cm³/mol. The zero-order valence-electron chi connectivity index (χ0n) is 12.7. The maximum absolute atomic E-state index is 12.3. The summed E-state index contributed by atoms with van der Waals surface area (Å²) >= 11 is 0. The predicted octanol–water partition coefficient (Wildman–Crippen LogP) is 1.91. The van der Waals surface area contributed by atoms with Gasteiger partial charge in [0.15, 0.2) is 0 Å². The number of rotatable bonds is 4. The Morgan fingerprint density at radius 1 is 1.14 bits per heavy atom. The van der Waals surface area contributed by atoms with E-state index < -0.39 is 0 Å². The van der Waals surface area contributed by atoms with Crippen LogP contribution in [-0.4, -0.2) is 35.8 Å². The van der Waals surface area contributed by atoms with E-state index in [1.165, 1.54) is 0 Å². The van der Waals surface area contributed by atoms with Crippen LogP contribution in [0.3, 0.4) is 0 Å². The number of benzene rings is 1. The SMILES string of the molecule is O=C(N[C@@H]1CCN(C(=O)Cc2ccccc2)C1)C1CC=CC1. The maximum Gasteiger partial charge on any atom is 0.227 e. The molecule has 0 aromatic heterocycles. The van der Waals surface area contributed by atoms with Crippen molar-refractivity contribution in [3.05, 3.63) is 48.0 Å². The van der Waals surface area contributed by atoms with Crippen LogP contribution in [0.5, 0.6) is 0 Å². The third-order valence-electron chi connectivity index (χ3n) is 4.46. The molecule has 0 unspecified atom stereocenters. The standard InChI is InChI=1S/C18H22N2O2/c21-17(12-14-6-2-1-3-7-14)20-11-10-16(13-20)19-18(22)15-8-4-5-9-15/h1-7,15-16H,8-13H2,(H,19,22)/t16-/m1/s1. The average molecular weight is 298 g/mol. The second kappa shape index (κ2) is 6.77. The molecule has 3 rings (SSSR count). The number of allylic oxidation sites excluding steroid dienone is 2. The van der Waals surface area contributed by atoms with Gasteiger partial charge >= 0.3 is 0 Å². The monoisotopic (exact) mass is 298 g/mol. The van der Waals surface area contributed by atoms with Gasteiger partial charge < -0.3 is 10.2 Å². The molecule has 0 radical (unpaired) electrons. The lowest BCUT2D eigenvalue weighted by Gasteiger charge is -2.18. The number of nitrogens with zero attached hydrogens (tertiary/aromatic N) is 1. The summed E-state index contributed by atoms with van der Waals surface area (Å²) in [6.07, 6.45) is 7.11. The molecule has 4 heteroatoms. The Morgan fingerprint density at radius 3 is 2.59 bits per heavy atom. The largest absolute Gasteiger partial charge is 0.351 e. The van der Waals surface area contributed by atoms with E-state index in [1.807, 2.05) is 35.2 Å². The first-order chi connectivity index (χ1) is 10.7. The molecule has 22 heavy (non-hydrogen) atoms. The van der Waals surface area contributed by atoms with Crippen LogP contribution in [0.2, 0.25) is 0 Å². The van der Waals surface area contributed by atoms with E-state index in [-0.39, 0.29) is 23.8 Å². The van der Waals surface area contributed by atoms with Crippen molar-refractivity contribution in [1.82, 2.24) is 10.2 Å². The van der Waals surface area contributed by atoms with E-state index in [9.17, 15) is 9.59 Å². The van der Waals surface area contributed by atoms with E-state index in [0.29, 0.717) is 13.0 Å². The maximum atomic E-state index is 12.3. The number of amides is 2. The molecular formula is C18H22N2O2. The molecule has 1 N–H and O–H groups in total. The highest BCUT2D eigenvalue weighted by Crippen LogP contribution is 2.19. The first-order valence-corrected chi connectivity index (χ1v) is 7.99. The molecular weight excluding hydrogens is 276 g/mol. The number of hydrogen-bond acceptors (Lipinski definition) is 2. The normalized spacial score (nSPS) is 21.3. The van der Waals surface area contributed by atoms with Crippen molar-refractivity contribution >= 4 is 11.8 Å². The van der Waals surface area contributed by atoms with Crippen LogP contribution in [-0.2, 0) is 16.0 Å². The smallest absolute Gasteiger partial charge is 0.227 e. The van der Waals surface area contributed by atoms with Crippen LogP contribution < -0.4 is 5.32 Å². The minimum Gasteiger partial charge on any atom is -0.351 e. The van der Waals surface area contributed by atoms with Crippen molar-refractivity contribution in [2.45, 2.75) is 31.7 Å². The Kier molecular flexibility index (Phi) is 4.56. The Morgan fingerprint density at radius 2 is 1.86 bits per heavy atom. The molecule has 1 aliphatic heterocycles. The van der Waals surface area contributed by atoms with Gasteiger partial charge in [0.2, 0.25) is 11.8 Å². The van der Waals surface area contributed by atoms with Gasteiger partial charge in [0, 0.05) is 25.0 Å². The van der Waals surface area contributed by atoms with Crippen molar-refractivity contribution in [3.8, 4) is 0 Å². The van der Waals surface area contributed by atoms with Gasteiger partial charge in [0.1, 0.15) is 0 Å². The summed E-state index contributed by atoms with van der Waals surface area (Å²) in [4.78, 5) is 26.3. The van der Waals surface area contributed by atoms with E-state index in [2.05, 4.69) is 17.5 Å². The first kappa shape index (κ1) is 14.8. The summed E-state index contributed by atoms with van der Waals surface area (Å²) in [5, 5.41) is 3.10. The van der Waals surface area contributed by atoms with E-state index in [0.717, 1.165) is 31.4 Å². The van der Waals surface area contributed by atoms with Gasteiger partial charge in [-0.05, 0) is 24.8 Å². The molecule has 0 saturated carbocycles. The van der Waals surface area contributed by atoms with Gasteiger partial charge in [-0.1, -0.05) is 42.5 Å². The lowest BCUT2D eigenvalue weighted by molar-refractivity contribution is -0.130. The van der Waals surface area contributed by atoms with Gasteiger partial charge in [-0.15, -0.1) is 0 Å². The topological polar surface area (TPSA) is 49.4 Å². The van der Waals surface area contributed by atoms with E-state index in [4.69, 9.17) is 0 Å². The molecule has 116 valence electrons. The number of hydrogen-bond donors (Lipinski definition) is 1. The average Bonchev–Trinajstić information content (AvgIpc) is 3.19. The summed E-state index contributed by atoms with van der Waals surface area (Å²) in [5.41, 5.74) is 1.04. The van der Waals surface area contributed by atoms with Crippen molar-refractivity contribution in [2.24, 2.45) is 5.92 Å². The van der Waals surface area contributed by atoms with Crippen LogP contribution in [0.15, 0.2) is 42.5 Å². The van der Waals surface area contributed by atoms with Gasteiger partial charge in [-0.3, -0.25) is 9.59 Å². The lowest BCUT2D eigenvalue weighted by atomic mass is 10.1. The van der Waals surface area contributed by atoms with Crippen LogP contribution in [0.25, 0.3) is 0 Å². The van der Waals surface area contributed by atoms with Crippen molar-refractivity contribution in [1.29, 1.82) is 0 Å². The van der Waals surface area contributed by atoms with E-state index in [1.54, 1.807) is 0 Å². The fourth-order valence-electron chi connectivity index (χ4n) is 3.14. The quantitative estimate of drug-likeness (QED) is 0.863. The molecule has 0 spiro atoms. The Bertz CT molecular complexity index is 560. The van der Waals surface area contributed by atoms with Crippen LogP contribution >= 0.6 is 0 Å². The lowest BCUT2D eigenvalue weighted by Crippen LogP contribution is -2.41. The summed E-state index contributed by atoms with van der Waals surface area (Å²) in [6.45, 7) is 1.37. The summed E-state index contributed by atoms with van der Waals surface area (Å²) in [5.74, 6) is 0.368. The Balaban J connectivity index is 1.47. The number of nitrogens with one attached hydrogen (secondary N) is 1. The molecule has 1 saturated heterocycles. The minimum atomic E-state index is 0.0917. The van der Waals surface area contributed by atoms with Crippen LogP contribution in [0.4, 0.5) is 0 Å². The van der Waals surface area contributed by atoms with Gasteiger partial charge in [0.25, 0.3) is 0 Å². The van der Waals surface area contributed by atoms with E-state index >= 15 is 0 Å². The molecule has 1 heterocycles. The second-order valence-corrected chi connectivity index (χ2v) is 6.14. The van der Waals surface area contributed by atoms with Crippen LogP contribution in [0.1, 0.15) is 24.8 Å². The molecule has 2 amide bonds. The number of likely N-dealkylation sites (tertiary alicyclic amines) is 1. The molecule has 1 aliphatic carbocycles. The zero-order chi connectivity index (χ0) is 15.4. The third-order valence-corrected chi connectivity index (χ3v) is 4.46. The Hall–Kier alpha value is -2.10. The first-order valence-electron chi connectivity index (χ1n) is 7.99. The zero-order valence-corrected chi connectivity index (χ0v) is 12.7. The molecule has 4 nitrogen and oxygen atoms in total. The van der Waals surface area contributed by atoms with Crippen molar-refractivity contribution in [2.75, 3.05) is 13.1 Å². The number of carbonyl (C=O) groups is 2. The highest BCUT2D eigenvalue weighted by atomic mass is 16.2. The van der Waals surface area contributed by atoms with Crippen molar-refractivity contribution in [3.63, 3.8) is 0 Å². The molecule has 1 aromatic rings. The summed E-state index contributed by atoms with van der Waals surface area (Å²) in [7, 11) is 0. The molecule has 0 bridgehead atoms. The molecule has 1 fully saturated rings.